The summed E-state index contributed by atoms with van der Waals surface area (Å²) in [5.41, 5.74) is 2.07. The van der Waals surface area contributed by atoms with E-state index in [0.717, 1.165) is 0 Å². The fraction of sp³-hybridized carbons (Fsp3) is 0.833. The van der Waals surface area contributed by atoms with Crippen LogP contribution in [0.1, 0.15) is 52.4 Å². The smallest absolute Gasteiger partial charge is 0.0343 e. The average molecular weight is 179 g/mol. The second-order valence-corrected chi connectivity index (χ2v) is 5.01. The summed E-state index contributed by atoms with van der Waals surface area (Å²) in [6.45, 7) is 6.06. The van der Waals surface area contributed by atoms with Crippen LogP contribution in [0, 0.1) is 0 Å². The van der Waals surface area contributed by atoms with Gasteiger partial charge in [-0.3, -0.25) is 0 Å². The van der Waals surface area contributed by atoms with Crippen LogP contribution in [0.25, 0.3) is 0 Å². The van der Waals surface area contributed by atoms with Gasteiger partial charge in [-0.05, 0) is 52.4 Å². The van der Waals surface area contributed by atoms with E-state index in [1.54, 1.807) is 5.70 Å². The molecule has 74 valence electrons. The van der Waals surface area contributed by atoms with Crippen LogP contribution in [0.3, 0.4) is 0 Å². The molecular formula is C12H21N. The van der Waals surface area contributed by atoms with E-state index in [-0.39, 0.29) is 0 Å². The van der Waals surface area contributed by atoms with Crippen LogP contribution >= 0.6 is 0 Å². The Hall–Kier alpha value is -0.460. The maximum absolute atomic E-state index is 2.64. The van der Waals surface area contributed by atoms with Gasteiger partial charge in [0.15, 0.2) is 0 Å². The molecule has 0 atom stereocenters. The maximum atomic E-state index is 2.64. The highest BCUT2D eigenvalue weighted by atomic mass is 15.2. The Labute approximate surface area is 81.8 Å². The topological polar surface area (TPSA) is 3.24 Å². The molecule has 0 aromatic heterocycles. The molecular weight excluding hydrogens is 158 g/mol. The summed E-state index contributed by atoms with van der Waals surface area (Å²) in [6, 6.07) is 0. The van der Waals surface area contributed by atoms with Crippen LogP contribution in [0.5, 0.6) is 0 Å². The minimum Gasteiger partial charge on any atom is -0.370 e. The fourth-order valence-electron chi connectivity index (χ4n) is 2.71. The molecule has 0 unspecified atom stereocenters. The normalized spacial score (nSPS) is 27.5. The Balaban J connectivity index is 2.11. The van der Waals surface area contributed by atoms with E-state index in [9.17, 15) is 0 Å². The third-order valence-electron chi connectivity index (χ3n) is 3.51. The standard InChI is InChI=1S/C12H21N/c1-12(2)9-6-10-13(12)11-7-4-3-5-8-11/h7H,3-6,8-10H2,1-2H3. The predicted molar refractivity (Wildman–Crippen MR) is 56.6 cm³/mol. The second-order valence-electron chi connectivity index (χ2n) is 5.01. The van der Waals surface area contributed by atoms with Crippen molar-refractivity contribution in [3.63, 3.8) is 0 Å². The predicted octanol–water partition coefficient (Wildman–Crippen LogP) is 3.32. The monoisotopic (exact) mass is 179 g/mol. The summed E-state index contributed by atoms with van der Waals surface area (Å²) in [5.74, 6) is 0. The van der Waals surface area contributed by atoms with E-state index in [2.05, 4.69) is 24.8 Å². The number of allylic oxidation sites excluding steroid dienone is 2. The number of hydrogen-bond acceptors (Lipinski definition) is 1. The van der Waals surface area contributed by atoms with Crippen molar-refractivity contribution in [3.05, 3.63) is 11.8 Å². The van der Waals surface area contributed by atoms with Gasteiger partial charge in [0, 0.05) is 17.8 Å². The highest BCUT2D eigenvalue weighted by Crippen LogP contribution is 2.35. The van der Waals surface area contributed by atoms with Crippen molar-refractivity contribution in [2.24, 2.45) is 0 Å². The summed E-state index contributed by atoms with van der Waals surface area (Å²) in [4.78, 5) is 2.64. The molecule has 0 aromatic carbocycles. The molecule has 1 nitrogen and oxygen atoms in total. The van der Waals surface area contributed by atoms with Crippen molar-refractivity contribution in [2.45, 2.75) is 57.9 Å². The Morgan fingerprint density at radius 3 is 2.62 bits per heavy atom. The number of rotatable bonds is 1. The summed E-state index contributed by atoms with van der Waals surface area (Å²) in [6.07, 6.45) is 10.6. The quantitative estimate of drug-likeness (QED) is 0.597. The van der Waals surface area contributed by atoms with Crippen molar-refractivity contribution in [1.82, 2.24) is 4.90 Å². The average Bonchev–Trinajstić information content (AvgIpc) is 2.47. The molecule has 1 heteroatoms. The van der Waals surface area contributed by atoms with Gasteiger partial charge in [0.1, 0.15) is 0 Å². The lowest BCUT2D eigenvalue weighted by Gasteiger charge is -2.37. The van der Waals surface area contributed by atoms with Gasteiger partial charge < -0.3 is 4.90 Å². The molecule has 0 radical (unpaired) electrons. The SMILES string of the molecule is CC1(C)CCCN1C1=CCCCC1. The van der Waals surface area contributed by atoms with Crippen LogP contribution in [-0.2, 0) is 0 Å². The molecule has 0 bridgehead atoms. The molecule has 0 aromatic rings. The van der Waals surface area contributed by atoms with Crippen LogP contribution in [0.2, 0.25) is 0 Å². The van der Waals surface area contributed by atoms with Crippen LogP contribution in [-0.4, -0.2) is 17.0 Å². The summed E-state index contributed by atoms with van der Waals surface area (Å²) >= 11 is 0. The zero-order valence-corrected chi connectivity index (χ0v) is 8.97. The second kappa shape index (κ2) is 3.36. The zero-order valence-electron chi connectivity index (χ0n) is 8.97. The van der Waals surface area contributed by atoms with Crippen molar-refractivity contribution in [1.29, 1.82) is 0 Å². The number of hydrogen-bond donors (Lipinski definition) is 0. The van der Waals surface area contributed by atoms with E-state index >= 15 is 0 Å². The first-order valence-electron chi connectivity index (χ1n) is 5.67. The lowest BCUT2D eigenvalue weighted by molar-refractivity contribution is 0.215. The summed E-state index contributed by atoms with van der Waals surface area (Å²) in [5, 5.41) is 0. The molecule has 0 saturated carbocycles. The first-order valence-corrected chi connectivity index (χ1v) is 5.67. The third kappa shape index (κ3) is 1.74. The molecule has 0 spiro atoms. The molecule has 0 N–H and O–H groups in total. The number of nitrogens with zero attached hydrogens (tertiary/aromatic N) is 1. The Morgan fingerprint density at radius 2 is 2.08 bits per heavy atom. The van der Waals surface area contributed by atoms with Gasteiger partial charge >= 0.3 is 0 Å². The molecule has 2 rings (SSSR count). The Morgan fingerprint density at radius 1 is 1.23 bits per heavy atom. The first-order chi connectivity index (χ1) is 6.20. The highest BCUT2D eigenvalue weighted by molar-refractivity contribution is 5.10. The Bertz CT molecular complexity index is 215. The van der Waals surface area contributed by atoms with Crippen molar-refractivity contribution >= 4 is 0 Å². The molecule has 1 aliphatic heterocycles. The zero-order chi connectivity index (χ0) is 9.31. The van der Waals surface area contributed by atoms with E-state index in [1.165, 1.54) is 45.1 Å². The molecule has 13 heavy (non-hydrogen) atoms. The van der Waals surface area contributed by atoms with E-state index in [0.29, 0.717) is 5.54 Å². The summed E-state index contributed by atoms with van der Waals surface area (Å²) in [7, 11) is 0. The van der Waals surface area contributed by atoms with Crippen LogP contribution in [0.15, 0.2) is 11.8 Å². The molecule has 1 heterocycles. The van der Waals surface area contributed by atoms with Gasteiger partial charge in [-0.1, -0.05) is 6.08 Å². The minimum absolute atomic E-state index is 0.434. The maximum Gasteiger partial charge on any atom is 0.0343 e. The molecule has 0 amide bonds. The van der Waals surface area contributed by atoms with Gasteiger partial charge in [0.2, 0.25) is 0 Å². The molecule has 1 fully saturated rings. The fourth-order valence-corrected chi connectivity index (χ4v) is 2.71. The number of likely N-dealkylation sites (tertiary alicyclic amines) is 1. The highest BCUT2D eigenvalue weighted by Gasteiger charge is 2.32. The lowest BCUT2D eigenvalue weighted by Crippen LogP contribution is -2.37. The van der Waals surface area contributed by atoms with E-state index in [4.69, 9.17) is 0 Å². The largest absolute Gasteiger partial charge is 0.370 e. The molecule has 2 aliphatic rings. The van der Waals surface area contributed by atoms with Crippen LogP contribution < -0.4 is 0 Å². The van der Waals surface area contributed by atoms with Gasteiger partial charge in [0.25, 0.3) is 0 Å². The van der Waals surface area contributed by atoms with Crippen LogP contribution in [0.4, 0.5) is 0 Å². The van der Waals surface area contributed by atoms with Gasteiger partial charge in [0.05, 0.1) is 0 Å². The van der Waals surface area contributed by atoms with Gasteiger partial charge in [-0.25, -0.2) is 0 Å². The minimum atomic E-state index is 0.434. The van der Waals surface area contributed by atoms with E-state index in [1.807, 2.05) is 0 Å². The van der Waals surface area contributed by atoms with E-state index < -0.39 is 0 Å². The molecule has 1 saturated heterocycles. The summed E-state index contributed by atoms with van der Waals surface area (Å²) < 4.78 is 0. The van der Waals surface area contributed by atoms with Gasteiger partial charge in [-0.15, -0.1) is 0 Å². The first kappa shape index (κ1) is 9.11. The lowest BCUT2D eigenvalue weighted by atomic mass is 9.98. The molecule has 1 aliphatic carbocycles. The third-order valence-corrected chi connectivity index (χ3v) is 3.51. The van der Waals surface area contributed by atoms with Crippen molar-refractivity contribution in [3.8, 4) is 0 Å². The van der Waals surface area contributed by atoms with Crippen molar-refractivity contribution in [2.75, 3.05) is 6.54 Å². The van der Waals surface area contributed by atoms with Crippen molar-refractivity contribution < 1.29 is 0 Å². The van der Waals surface area contributed by atoms with Gasteiger partial charge in [-0.2, -0.15) is 0 Å². The Kier molecular flexibility index (Phi) is 2.35.